The highest BCUT2D eigenvalue weighted by molar-refractivity contribution is 5.29. The summed E-state index contributed by atoms with van der Waals surface area (Å²) in [5, 5.41) is 3.69. The molecule has 1 aliphatic carbocycles. The third-order valence-electron chi connectivity index (χ3n) is 5.26. The van der Waals surface area contributed by atoms with Gasteiger partial charge >= 0.3 is 0 Å². The molecule has 0 bridgehead atoms. The first-order chi connectivity index (χ1) is 9.78. The number of nitrogens with zero attached hydrogens (tertiary/aromatic N) is 1. The molecule has 1 saturated carbocycles. The molecule has 1 aromatic carbocycles. The highest BCUT2D eigenvalue weighted by Gasteiger charge is 2.36. The molecule has 1 saturated heterocycles. The van der Waals surface area contributed by atoms with Crippen molar-refractivity contribution in [1.29, 1.82) is 0 Å². The average Bonchev–Trinajstić information content (AvgIpc) is 3.00. The summed E-state index contributed by atoms with van der Waals surface area (Å²) in [6.07, 6.45) is 4.41. The molecule has 110 valence electrons. The fraction of sp³-hybridized carbons (Fsp3) is 0.667. The lowest BCUT2D eigenvalue weighted by molar-refractivity contribution is 0.273. The Morgan fingerprint density at radius 1 is 1.20 bits per heavy atom. The van der Waals surface area contributed by atoms with Crippen LogP contribution in [-0.4, -0.2) is 31.1 Å². The van der Waals surface area contributed by atoms with Crippen LogP contribution in [0, 0.1) is 18.8 Å². The van der Waals surface area contributed by atoms with E-state index in [0.717, 1.165) is 18.4 Å². The Morgan fingerprint density at radius 3 is 2.55 bits per heavy atom. The summed E-state index contributed by atoms with van der Waals surface area (Å²) in [4.78, 5) is 2.70. The van der Waals surface area contributed by atoms with Crippen LogP contribution < -0.4 is 5.32 Å². The number of nitrogens with one attached hydrogen (secondary N) is 1. The molecular weight excluding hydrogens is 244 g/mol. The Morgan fingerprint density at radius 2 is 1.90 bits per heavy atom. The van der Waals surface area contributed by atoms with E-state index in [1.54, 1.807) is 0 Å². The molecule has 0 aromatic heterocycles. The minimum atomic E-state index is 0.486. The summed E-state index contributed by atoms with van der Waals surface area (Å²) < 4.78 is 0. The van der Waals surface area contributed by atoms with Gasteiger partial charge in [0.05, 0.1) is 0 Å². The lowest BCUT2D eigenvalue weighted by atomic mass is 10.0. The van der Waals surface area contributed by atoms with Crippen molar-refractivity contribution in [2.45, 2.75) is 39.2 Å². The minimum Gasteiger partial charge on any atom is -0.309 e. The van der Waals surface area contributed by atoms with Crippen LogP contribution >= 0.6 is 0 Å². The van der Waals surface area contributed by atoms with E-state index in [-0.39, 0.29) is 0 Å². The molecule has 0 spiro atoms. The van der Waals surface area contributed by atoms with Gasteiger partial charge in [-0.3, -0.25) is 0 Å². The van der Waals surface area contributed by atoms with E-state index in [9.17, 15) is 0 Å². The van der Waals surface area contributed by atoms with Crippen molar-refractivity contribution < 1.29 is 0 Å². The van der Waals surface area contributed by atoms with Crippen molar-refractivity contribution >= 4 is 0 Å². The van der Waals surface area contributed by atoms with Crippen LogP contribution in [0.5, 0.6) is 0 Å². The van der Waals surface area contributed by atoms with E-state index < -0.39 is 0 Å². The van der Waals surface area contributed by atoms with Gasteiger partial charge in [0.15, 0.2) is 0 Å². The molecule has 1 aromatic rings. The summed E-state index contributed by atoms with van der Waals surface area (Å²) in [6, 6.07) is 9.32. The Bertz CT molecular complexity index is 431. The summed E-state index contributed by atoms with van der Waals surface area (Å²) >= 11 is 0. The first kappa shape index (κ1) is 14.1. The van der Waals surface area contributed by atoms with Crippen molar-refractivity contribution in [2.75, 3.05) is 26.2 Å². The van der Waals surface area contributed by atoms with E-state index in [1.165, 1.54) is 50.0 Å². The first-order valence-corrected chi connectivity index (χ1v) is 8.29. The molecular formula is C18H28N2. The molecule has 0 radical (unpaired) electrons. The number of rotatable bonds is 5. The maximum Gasteiger partial charge on any atom is 0.0451 e. The molecule has 0 amide bonds. The monoisotopic (exact) mass is 272 g/mol. The van der Waals surface area contributed by atoms with Gasteiger partial charge in [-0.2, -0.15) is 0 Å². The second-order valence-corrected chi connectivity index (χ2v) is 6.64. The molecule has 2 aliphatic rings. The molecule has 1 heterocycles. The fourth-order valence-corrected chi connectivity index (χ4v) is 4.24. The summed E-state index contributed by atoms with van der Waals surface area (Å²) in [5.41, 5.74) is 2.89. The second-order valence-electron chi connectivity index (χ2n) is 6.64. The Labute approximate surface area is 123 Å². The lowest BCUT2D eigenvalue weighted by Gasteiger charge is -2.26. The van der Waals surface area contributed by atoms with Crippen LogP contribution in [-0.2, 0) is 0 Å². The number of likely N-dealkylation sites (tertiary alicyclic amines) is 1. The van der Waals surface area contributed by atoms with Gasteiger partial charge in [-0.1, -0.05) is 37.6 Å². The number of benzene rings is 1. The minimum absolute atomic E-state index is 0.486. The number of aryl methyl sites for hydroxylation is 1. The van der Waals surface area contributed by atoms with E-state index in [1.807, 2.05) is 0 Å². The molecule has 2 fully saturated rings. The van der Waals surface area contributed by atoms with Crippen LogP contribution in [0.3, 0.4) is 0 Å². The summed E-state index contributed by atoms with van der Waals surface area (Å²) in [6.45, 7) is 9.32. The standard InChI is InChI=1S/C18H28N2/c1-3-19-18(17-10-5-4-7-14(17)2)13-20-11-15-8-6-9-16(15)12-20/h4-5,7,10,15-16,18-19H,3,6,8-9,11-13H2,1-2H3. The number of hydrogen-bond donors (Lipinski definition) is 1. The van der Waals surface area contributed by atoms with Gasteiger partial charge in [0.2, 0.25) is 0 Å². The van der Waals surface area contributed by atoms with Gasteiger partial charge in [-0.15, -0.1) is 0 Å². The van der Waals surface area contributed by atoms with E-state index in [2.05, 4.69) is 48.3 Å². The van der Waals surface area contributed by atoms with Crippen molar-refractivity contribution in [1.82, 2.24) is 10.2 Å². The van der Waals surface area contributed by atoms with Crippen LogP contribution in [0.25, 0.3) is 0 Å². The highest BCUT2D eigenvalue weighted by Crippen LogP contribution is 2.38. The van der Waals surface area contributed by atoms with Gasteiger partial charge in [0.25, 0.3) is 0 Å². The molecule has 20 heavy (non-hydrogen) atoms. The third-order valence-corrected chi connectivity index (χ3v) is 5.26. The van der Waals surface area contributed by atoms with Crippen molar-refractivity contribution in [2.24, 2.45) is 11.8 Å². The number of fused-ring (bicyclic) bond motifs is 1. The predicted octanol–water partition coefficient (Wildman–Crippen LogP) is 3.38. The van der Waals surface area contributed by atoms with Crippen LogP contribution in [0.4, 0.5) is 0 Å². The zero-order valence-electron chi connectivity index (χ0n) is 12.9. The zero-order valence-corrected chi connectivity index (χ0v) is 12.9. The first-order valence-electron chi connectivity index (χ1n) is 8.29. The van der Waals surface area contributed by atoms with E-state index >= 15 is 0 Å². The van der Waals surface area contributed by atoms with Crippen LogP contribution in [0.2, 0.25) is 0 Å². The zero-order chi connectivity index (χ0) is 13.9. The Balaban J connectivity index is 1.67. The topological polar surface area (TPSA) is 15.3 Å². The normalized spacial score (nSPS) is 27.7. The van der Waals surface area contributed by atoms with Gasteiger partial charge in [-0.25, -0.2) is 0 Å². The Kier molecular flexibility index (Phi) is 4.42. The van der Waals surface area contributed by atoms with Crippen LogP contribution in [0.15, 0.2) is 24.3 Å². The maximum absolute atomic E-state index is 3.69. The van der Waals surface area contributed by atoms with Gasteiger partial charge in [0.1, 0.15) is 0 Å². The van der Waals surface area contributed by atoms with E-state index in [4.69, 9.17) is 0 Å². The predicted molar refractivity (Wildman–Crippen MR) is 84.9 cm³/mol. The molecule has 3 unspecified atom stereocenters. The number of hydrogen-bond acceptors (Lipinski definition) is 2. The highest BCUT2D eigenvalue weighted by atomic mass is 15.2. The average molecular weight is 272 g/mol. The maximum atomic E-state index is 3.69. The Hall–Kier alpha value is -0.860. The third kappa shape index (κ3) is 2.91. The van der Waals surface area contributed by atoms with Crippen molar-refractivity contribution in [3.63, 3.8) is 0 Å². The quantitative estimate of drug-likeness (QED) is 0.884. The molecule has 3 rings (SSSR count). The second kappa shape index (κ2) is 6.28. The number of likely N-dealkylation sites (N-methyl/N-ethyl adjacent to an activating group) is 1. The molecule has 2 nitrogen and oxygen atoms in total. The van der Waals surface area contributed by atoms with Gasteiger partial charge in [0, 0.05) is 25.7 Å². The fourth-order valence-electron chi connectivity index (χ4n) is 4.24. The van der Waals surface area contributed by atoms with E-state index in [0.29, 0.717) is 6.04 Å². The molecule has 1 N–H and O–H groups in total. The molecule has 1 aliphatic heterocycles. The smallest absolute Gasteiger partial charge is 0.0451 e. The van der Waals surface area contributed by atoms with Gasteiger partial charge < -0.3 is 10.2 Å². The molecule has 3 atom stereocenters. The molecule has 2 heteroatoms. The lowest BCUT2D eigenvalue weighted by Crippen LogP contribution is -2.34. The van der Waals surface area contributed by atoms with Gasteiger partial charge in [-0.05, 0) is 49.3 Å². The van der Waals surface area contributed by atoms with Crippen molar-refractivity contribution in [3.05, 3.63) is 35.4 Å². The SMILES string of the molecule is CCNC(CN1CC2CCCC2C1)c1ccccc1C. The summed E-state index contributed by atoms with van der Waals surface area (Å²) in [5.74, 6) is 1.99. The largest absolute Gasteiger partial charge is 0.309 e. The van der Waals surface area contributed by atoms with Crippen molar-refractivity contribution in [3.8, 4) is 0 Å². The van der Waals surface area contributed by atoms with Crippen LogP contribution in [0.1, 0.15) is 43.4 Å². The summed E-state index contributed by atoms with van der Waals surface area (Å²) in [7, 11) is 0.